The monoisotopic (exact) mass is 297 g/mol. The number of rotatable bonds is 8. The molecule has 0 aromatic heterocycles. The first kappa shape index (κ1) is 16.3. The normalized spacial score (nSPS) is 11.7. The number of benzene rings is 1. The number of nitrogens with one attached hydrogen (secondary N) is 1. The molecule has 0 bridgehead atoms. The van der Waals surface area contributed by atoms with Crippen LogP contribution in [0.15, 0.2) is 18.2 Å². The van der Waals surface area contributed by atoms with Crippen molar-refractivity contribution in [1.82, 2.24) is 0 Å². The number of anilines is 1. The predicted octanol–water partition coefficient (Wildman–Crippen LogP) is 2.56. The average molecular weight is 297 g/mol. The molecular weight excluding hydrogens is 282 g/mol. The predicted molar refractivity (Wildman–Crippen MR) is 74.3 cm³/mol. The van der Waals surface area contributed by atoms with Gasteiger partial charge in [0.05, 0.1) is 15.9 Å². The molecule has 21 heavy (non-hydrogen) atoms. The maximum atomic E-state index is 11.1. The summed E-state index contributed by atoms with van der Waals surface area (Å²) in [5, 5.41) is 33.2. The largest absolute Gasteiger partial charge is 0.480 e. The van der Waals surface area contributed by atoms with Crippen molar-refractivity contribution in [2.24, 2.45) is 0 Å². The number of nitro benzene ring substituents is 2. The van der Waals surface area contributed by atoms with Gasteiger partial charge >= 0.3 is 5.97 Å². The number of nitrogens with zero attached hydrogens (tertiary/aromatic N) is 2. The van der Waals surface area contributed by atoms with Gasteiger partial charge in [-0.15, -0.1) is 0 Å². The molecular formula is C12H15N3O6. The lowest BCUT2D eigenvalue weighted by atomic mass is 10.1. The number of non-ortho nitro benzene ring substituents is 1. The molecule has 0 radical (unpaired) electrons. The van der Waals surface area contributed by atoms with E-state index in [0.717, 1.165) is 24.6 Å². The number of hydrogen-bond acceptors (Lipinski definition) is 6. The van der Waals surface area contributed by atoms with Crippen LogP contribution in [0.25, 0.3) is 0 Å². The van der Waals surface area contributed by atoms with Crippen LogP contribution in [0.5, 0.6) is 0 Å². The number of hydrogen-bond donors (Lipinski definition) is 2. The summed E-state index contributed by atoms with van der Waals surface area (Å²) < 4.78 is 0. The molecule has 0 aliphatic rings. The summed E-state index contributed by atoms with van der Waals surface area (Å²) in [6.45, 7) is 1.90. The first-order valence-corrected chi connectivity index (χ1v) is 6.29. The van der Waals surface area contributed by atoms with Crippen molar-refractivity contribution in [2.75, 3.05) is 5.32 Å². The molecule has 114 valence electrons. The Labute approximate surface area is 119 Å². The van der Waals surface area contributed by atoms with Gasteiger partial charge in [-0.05, 0) is 12.5 Å². The number of nitro groups is 2. The highest BCUT2D eigenvalue weighted by molar-refractivity contribution is 5.79. The second-order valence-electron chi connectivity index (χ2n) is 4.39. The lowest BCUT2D eigenvalue weighted by Crippen LogP contribution is -2.29. The molecule has 0 unspecified atom stereocenters. The van der Waals surface area contributed by atoms with Crippen molar-refractivity contribution in [2.45, 2.75) is 32.2 Å². The van der Waals surface area contributed by atoms with Crippen molar-refractivity contribution in [3.05, 3.63) is 38.4 Å². The molecule has 0 saturated carbocycles. The Morgan fingerprint density at radius 2 is 2.00 bits per heavy atom. The van der Waals surface area contributed by atoms with Gasteiger partial charge in [-0.25, -0.2) is 4.79 Å². The minimum absolute atomic E-state index is 0.0471. The fraction of sp³-hybridized carbons (Fsp3) is 0.417. The third kappa shape index (κ3) is 4.41. The van der Waals surface area contributed by atoms with Gasteiger partial charge in [0.1, 0.15) is 11.7 Å². The molecule has 0 amide bonds. The number of carboxylic acid groups (broad SMARTS) is 1. The standard InChI is InChI=1S/C12H15N3O6/c1-2-3-4-10(12(16)17)13-9-6-5-8(14(18)19)7-11(9)15(20)21/h5-7,10,13H,2-4H2,1H3,(H,16,17)/t10-/m0/s1. The van der Waals surface area contributed by atoms with E-state index < -0.39 is 33.2 Å². The molecule has 0 fully saturated rings. The molecule has 1 aromatic carbocycles. The van der Waals surface area contributed by atoms with E-state index in [9.17, 15) is 25.0 Å². The number of aliphatic carboxylic acids is 1. The van der Waals surface area contributed by atoms with E-state index in [4.69, 9.17) is 5.11 Å². The van der Waals surface area contributed by atoms with E-state index in [1.54, 1.807) is 0 Å². The molecule has 0 saturated heterocycles. The summed E-state index contributed by atoms with van der Waals surface area (Å²) in [6.07, 6.45) is 1.73. The van der Waals surface area contributed by atoms with E-state index in [0.29, 0.717) is 12.8 Å². The lowest BCUT2D eigenvalue weighted by molar-refractivity contribution is -0.393. The van der Waals surface area contributed by atoms with Gasteiger partial charge < -0.3 is 10.4 Å². The van der Waals surface area contributed by atoms with Gasteiger partial charge in [-0.3, -0.25) is 20.2 Å². The summed E-state index contributed by atoms with van der Waals surface area (Å²) in [6, 6.07) is 2.07. The van der Waals surface area contributed by atoms with Crippen LogP contribution < -0.4 is 5.32 Å². The minimum atomic E-state index is -1.13. The van der Waals surface area contributed by atoms with Gasteiger partial charge in [-0.2, -0.15) is 0 Å². The minimum Gasteiger partial charge on any atom is -0.480 e. The van der Waals surface area contributed by atoms with Crippen molar-refractivity contribution >= 4 is 23.0 Å². The average Bonchev–Trinajstić information content (AvgIpc) is 2.42. The summed E-state index contributed by atoms with van der Waals surface area (Å²) in [5.74, 6) is -1.13. The lowest BCUT2D eigenvalue weighted by Gasteiger charge is -2.15. The Morgan fingerprint density at radius 1 is 1.33 bits per heavy atom. The fourth-order valence-corrected chi connectivity index (χ4v) is 1.76. The van der Waals surface area contributed by atoms with Crippen LogP contribution in [-0.4, -0.2) is 27.0 Å². The summed E-state index contributed by atoms with van der Waals surface area (Å²) in [5.41, 5.74) is -0.992. The molecule has 9 heteroatoms. The maximum absolute atomic E-state index is 11.1. The summed E-state index contributed by atoms with van der Waals surface area (Å²) >= 11 is 0. The molecule has 2 N–H and O–H groups in total. The van der Waals surface area contributed by atoms with Crippen LogP contribution in [0.1, 0.15) is 26.2 Å². The smallest absolute Gasteiger partial charge is 0.326 e. The van der Waals surface area contributed by atoms with E-state index in [1.807, 2.05) is 6.92 Å². The molecule has 0 heterocycles. The molecule has 1 aromatic rings. The third-order valence-electron chi connectivity index (χ3n) is 2.86. The van der Waals surface area contributed by atoms with Gasteiger partial charge in [0.2, 0.25) is 0 Å². The number of unbranched alkanes of at least 4 members (excludes halogenated alkanes) is 1. The van der Waals surface area contributed by atoms with Gasteiger partial charge in [0.15, 0.2) is 0 Å². The van der Waals surface area contributed by atoms with Crippen LogP contribution >= 0.6 is 0 Å². The van der Waals surface area contributed by atoms with E-state index >= 15 is 0 Å². The molecule has 0 spiro atoms. The van der Waals surface area contributed by atoms with E-state index in [2.05, 4.69) is 5.32 Å². The van der Waals surface area contributed by atoms with Crippen LogP contribution in [-0.2, 0) is 4.79 Å². The Bertz CT molecular complexity index is 560. The fourth-order valence-electron chi connectivity index (χ4n) is 1.76. The quantitative estimate of drug-likeness (QED) is 0.555. The molecule has 1 atom stereocenters. The second-order valence-corrected chi connectivity index (χ2v) is 4.39. The molecule has 0 aliphatic heterocycles. The molecule has 9 nitrogen and oxygen atoms in total. The first-order valence-electron chi connectivity index (χ1n) is 6.29. The van der Waals surface area contributed by atoms with Crippen LogP contribution in [0.4, 0.5) is 17.1 Å². The van der Waals surface area contributed by atoms with Crippen molar-refractivity contribution in [3.63, 3.8) is 0 Å². The number of carboxylic acids is 1. The highest BCUT2D eigenvalue weighted by Gasteiger charge is 2.24. The Morgan fingerprint density at radius 3 is 2.48 bits per heavy atom. The Hall–Kier alpha value is -2.71. The molecule has 1 rings (SSSR count). The Kier molecular flexibility index (Phi) is 5.58. The zero-order chi connectivity index (χ0) is 16.0. The van der Waals surface area contributed by atoms with Gasteiger partial charge in [0, 0.05) is 6.07 Å². The maximum Gasteiger partial charge on any atom is 0.326 e. The zero-order valence-corrected chi connectivity index (χ0v) is 11.3. The van der Waals surface area contributed by atoms with Crippen LogP contribution in [0, 0.1) is 20.2 Å². The second kappa shape index (κ2) is 7.17. The SMILES string of the molecule is CCCC[C@H](Nc1ccc([N+](=O)[O-])cc1[N+](=O)[O-])C(=O)O. The van der Waals surface area contributed by atoms with Crippen LogP contribution in [0.2, 0.25) is 0 Å². The highest BCUT2D eigenvalue weighted by atomic mass is 16.6. The zero-order valence-electron chi connectivity index (χ0n) is 11.3. The van der Waals surface area contributed by atoms with Crippen molar-refractivity contribution in [3.8, 4) is 0 Å². The molecule has 0 aliphatic carbocycles. The highest BCUT2D eigenvalue weighted by Crippen LogP contribution is 2.29. The van der Waals surface area contributed by atoms with Crippen molar-refractivity contribution in [1.29, 1.82) is 0 Å². The van der Waals surface area contributed by atoms with Crippen molar-refractivity contribution < 1.29 is 19.7 Å². The first-order chi connectivity index (χ1) is 9.86. The number of carbonyl (C=O) groups is 1. The van der Waals surface area contributed by atoms with E-state index in [1.165, 1.54) is 0 Å². The summed E-state index contributed by atoms with van der Waals surface area (Å²) in [7, 11) is 0. The van der Waals surface area contributed by atoms with Gasteiger partial charge in [-0.1, -0.05) is 19.8 Å². The van der Waals surface area contributed by atoms with E-state index in [-0.39, 0.29) is 5.69 Å². The van der Waals surface area contributed by atoms with Crippen LogP contribution in [0.3, 0.4) is 0 Å². The topological polar surface area (TPSA) is 136 Å². The summed E-state index contributed by atoms with van der Waals surface area (Å²) in [4.78, 5) is 31.2. The van der Waals surface area contributed by atoms with Gasteiger partial charge in [0.25, 0.3) is 11.4 Å². The third-order valence-corrected chi connectivity index (χ3v) is 2.86. The Balaban J connectivity index is 3.07.